The van der Waals surface area contributed by atoms with E-state index in [9.17, 15) is 4.79 Å². The topological polar surface area (TPSA) is 29.5 Å². The van der Waals surface area contributed by atoms with Crippen LogP contribution < -0.4 is 4.74 Å². The van der Waals surface area contributed by atoms with E-state index in [1.54, 1.807) is 18.4 Å². The second-order valence-electron chi connectivity index (χ2n) is 5.09. The Morgan fingerprint density at radius 2 is 2.00 bits per heavy atom. The first-order valence-corrected chi connectivity index (χ1v) is 7.96. The maximum absolute atomic E-state index is 12.3. The molecule has 2 rings (SSSR count). The fraction of sp³-hybridized carbons (Fsp3) is 0.353. The molecule has 1 aromatic heterocycles. The Hall–Kier alpha value is -1.81. The standard InChI is InChI=1S/C17H21NO2S/c1-13(15-5-7-16(20-3)8-6-15)18(2)17(19)9-4-14-10-11-21-12-14/h5-8,10-13H,4,9H2,1-3H3. The minimum absolute atomic E-state index is 0.0610. The van der Waals surface area contributed by atoms with E-state index in [0.29, 0.717) is 6.42 Å². The summed E-state index contributed by atoms with van der Waals surface area (Å²) in [5.74, 6) is 1.00. The highest BCUT2D eigenvalue weighted by atomic mass is 32.1. The van der Waals surface area contributed by atoms with Gasteiger partial charge in [0.05, 0.1) is 13.2 Å². The van der Waals surface area contributed by atoms with Gasteiger partial charge in [0.25, 0.3) is 0 Å². The van der Waals surface area contributed by atoms with Crippen molar-refractivity contribution in [2.45, 2.75) is 25.8 Å². The summed E-state index contributed by atoms with van der Waals surface area (Å²) in [4.78, 5) is 14.1. The van der Waals surface area contributed by atoms with Crippen molar-refractivity contribution in [3.05, 3.63) is 52.2 Å². The minimum Gasteiger partial charge on any atom is -0.497 e. The molecular weight excluding hydrogens is 282 g/mol. The number of methoxy groups -OCH3 is 1. The molecule has 0 spiro atoms. The Balaban J connectivity index is 1.93. The monoisotopic (exact) mass is 303 g/mol. The van der Waals surface area contributed by atoms with Gasteiger partial charge in [0.15, 0.2) is 0 Å². The number of ether oxygens (including phenoxy) is 1. The third-order valence-corrected chi connectivity index (χ3v) is 4.51. The molecule has 0 aliphatic carbocycles. The van der Waals surface area contributed by atoms with Crippen LogP contribution in [-0.2, 0) is 11.2 Å². The van der Waals surface area contributed by atoms with Gasteiger partial charge in [-0.05, 0) is 53.4 Å². The van der Waals surface area contributed by atoms with Crippen LogP contribution in [0.2, 0.25) is 0 Å². The van der Waals surface area contributed by atoms with Crippen LogP contribution in [0.1, 0.15) is 30.5 Å². The summed E-state index contributed by atoms with van der Waals surface area (Å²) < 4.78 is 5.16. The number of carbonyl (C=O) groups excluding carboxylic acids is 1. The summed E-state index contributed by atoms with van der Waals surface area (Å²) in [6.45, 7) is 2.05. The third kappa shape index (κ3) is 4.08. The van der Waals surface area contributed by atoms with Gasteiger partial charge in [-0.25, -0.2) is 0 Å². The average Bonchev–Trinajstić information content (AvgIpc) is 3.04. The van der Waals surface area contributed by atoms with Crippen LogP contribution >= 0.6 is 11.3 Å². The van der Waals surface area contributed by atoms with Crippen LogP contribution in [0.4, 0.5) is 0 Å². The molecule has 3 nitrogen and oxygen atoms in total. The first-order chi connectivity index (χ1) is 10.1. The second kappa shape index (κ2) is 7.27. The summed E-state index contributed by atoms with van der Waals surface area (Å²) in [6, 6.07) is 10.00. The lowest BCUT2D eigenvalue weighted by Crippen LogP contribution is -2.29. The lowest BCUT2D eigenvalue weighted by atomic mass is 10.1. The Bertz CT molecular complexity index is 563. The zero-order chi connectivity index (χ0) is 15.2. The van der Waals surface area contributed by atoms with E-state index in [2.05, 4.69) is 11.4 Å². The quantitative estimate of drug-likeness (QED) is 0.810. The lowest BCUT2D eigenvalue weighted by molar-refractivity contribution is -0.131. The fourth-order valence-electron chi connectivity index (χ4n) is 2.18. The maximum atomic E-state index is 12.3. The normalized spacial score (nSPS) is 12.0. The van der Waals surface area contributed by atoms with Crippen LogP contribution in [0.25, 0.3) is 0 Å². The van der Waals surface area contributed by atoms with Gasteiger partial charge in [-0.2, -0.15) is 11.3 Å². The van der Waals surface area contributed by atoms with Crippen molar-refractivity contribution < 1.29 is 9.53 Å². The average molecular weight is 303 g/mol. The number of hydrogen-bond donors (Lipinski definition) is 0. The minimum atomic E-state index is 0.0610. The van der Waals surface area contributed by atoms with Crippen LogP contribution in [-0.4, -0.2) is 25.0 Å². The first-order valence-electron chi connectivity index (χ1n) is 7.02. The molecule has 0 saturated carbocycles. The van der Waals surface area contributed by atoms with Gasteiger partial charge in [0, 0.05) is 13.5 Å². The molecule has 0 radical (unpaired) electrons. The molecule has 0 aliphatic rings. The van der Waals surface area contributed by atoms with Crippen molar-refractivity contribution >= 4 is 17.2 Å². The van der Waals surface area contributed by atoms with E-state index in [4.69, 9.17) is 4.74 Å². The van der Waals surface area contributed by atoms with E-state index in [1.165, 1.54) is 5.56 Å². The summed E-state index contributed by atoms with van der Waals surface area (Å²) in [6.07, 6.45) is 1.36. The van der Waals surface area contributed by atoms with Gasteiger partial charge in [-0.1, -0.05) is 12.1 Å². The maximum Gasteiger partial charge on any atom is 0.223 e. The number of carbonyl (C=O) groups is 1. The lowest BCUT2D eigenvalue weighted by Gasteiger charge is -2.25. The van der Waals surface area contributed by atoms with E-state index in [0.717, 1.165) is 17.7 Å². The van der Waals surface area contributed by atoms with Crippen LogP contribution in [0, 0.1) is 0 Å². The molecule has 0 fully saturated rings. The highest BCUT2D eigenvalue weighted by molar-refractivity contribution is 7.07. The summed E-state index contributed by atoms with van der Waals surface area (Å²) in [7, 11) is 3.52. The Labute approximate surface area is 130 Å². The summed E-state index contributed by atoms with van der Waals surface area (Å²) in [5.41, 5.74) is 2.35. The molecule has 0 N–H and O–H groups in total. The number of rotatable bonds is 6. The molecule has 1 unspecified atom stereocenters. The van der Waals surface area contributed by atoms with Crippen LogP contribution in [0.15, 0.2) is 41.1 Å². The van der Waals surface area contributed by atoms with Crippen molar-refractivity contribution in [1.29, 1.82) is 0 Å². The van der Waals surface area contributed by atoms with Gasteiger partial charge in [0.1, 0.15) is 5.75 Å². The van der Waals surface area contributed by atoms with Crippen molar-refractivity contribution in [3.8, 4) is 5.75 Å². The summed E-state index contributed by atoms with van der Waals surface area (Å²) >= 11 is 1.67. The van der Waals surface area contributed by atoms with Crippen LogP contribution in [0.5, 0.6) is 5.75 Å². The molecule has 4 heteroatoms. The zero-order valence-electron chi connectivity index (χ0n) is 12.7. The predicted octanol–water partition coefficient (Wildman–Crippen LogP) is 3.91. The van der Waals surface area contributed by atoms with Gasteiger partial charge in [-0.15, -0.1) is 0 Å². The second-order valence-corrected chi connectivity index (χ2v) is 5.87. The Morgan fingerprint density at radius 1 is 1.29 bits per heavy atom. The molecule has 1 aromatic carbocycles. The van der Waals surface area contributed by atoms with Crippen molar-refractivity contribution in [1.82, 2.24) is 4.90 Å². The SMILES string of the molecule is COc1ccc(C(C)N(C)C(=O)CCc2ccsc2)cc1. The predicted molar refractivity (Wildman–Crippen MR) is 86.8 cm³/mol. The molecule has 1 heterocycles. The largest absolute Gasteiger partial charge is 0.497 e. The fourth-order valence-corrected chi connectivity index (χ4v) is 2.89. The number of hydrogen-bond acceptors (Lipinski definition) is 3. The van der Waals surface area contributed by atoms with Crippen molar-refractivity contribution in [2.75, 3.05) is 14.2 Å². The van der Waals surface area contributed by atoms with E-state index in [-0.39, 0.29) is 11.9 Å². The van der Waals surface area contributed by atoms with Gasteiger partial charge in [0.2, 0.25) is 5.91 Å². The molecular formula is C17H21NO2S. The molecule has 1 amide bonds. The number of amides is 1. The smallest absolute Gasteiger partial charge is 0.223 e. The molecule has 21 heavy (non-hydrogen) atoms. The first kappa shape index (κ1) is 15.6. The number of thiophene rings is 1. The van der Waals surface area contributed by atoms with Crippen molar-refractivity contribution in [2.24, 2.45) is 0 Å². The van der Waals surface area contributed by atoms with E-state index < -0.39 is 0 Å². The molecule has 0 bridgehead atoms. The number of nitrogens with zero attached hydrogens (tertiary/aromatic N) is 1. The molecule has 0 saturated heterocycles. The van der Waals surface area contributed by atoms with Gasteiger partial charge < -0.3 is 9.64 Å². The Kier molecular flexibility index (Phi) is 5.39. The highest BCUT2D eigenvalue weighted by Crippen LogP contribution is 2.22. The van der Waals surface area contributed by atoms with Crippen molar-refractivity contribution in [3.63, 3.8) is 0 Å². The molecule has 0 aliphatic heterocycles. The molecule has 1 atom stereocenters. The van der Waals surface area contributed by atoms with E-state index >= 15 is 0 Å². The molecule has 112 valence electrons. The number of aryl methyl sites for hydroxylation is 1. The highest BCUT2D eigenvalue weighted by Gasteiger charge is 2.17. The van der Waals surface area contributed by atoms with E-state index in [1.807, 2.05) is 48.5 Å². The Morgan fingerprint density at radius 3 is 2.57 bits per heavy atom. The zero-order valence-corrected chi connectivity index (χ0v) is 13.5. The van der Waals surface area contributed by atoms with Crippen LogP contribution in [0.3, 0.4) is 0 Å². The number of benzene rings is 1. The third-order valence-electron chi connectivity index (χ3n) is 3.78. The summed E-state index contributed by atoms with van der Waals surface area (Å²) in [5, 5.41) is 4.14. The van der Waals surface area contributed by atoms with Gasteiger partial charge in [-0.3, -0.25) is 4.79 Å². The molecule has 2 aromatic rings. The van der Waals surface area contributed by atoms with Gasteiger partial charge >= 0.3 is 0 Å².